The molecule has 0 amide bonds. The summed E-state index contributed by atoms with van der Waals surface area (Å²) in [5.74, 6) is 3.35. The van der Waals surface area contributed by atoms with Crippen LogP contribution in [0.15, 0.2) is 205 Å². The minimum absolute atomic E-state index is 0.501. The van der Waals surface area contributed by atoms with Crippen LogP contribution >= 0.6 is 0 Å². The van der Waals surface area contributed by atoms with Crippen molar-refractivity contribution >= 4 is 43.7 Å². The quantitative estimate of drug-likeness (QED) is 0.158. The van der Waals surface area contributed by atoms with Crippen LogP contribution in [0, 0.1) is 0 Å². The molecule has 0 saturated heterocycles. The Balaban J connectivity index is 1.05. The number of aromatic nitrogens is 7. The molecule has 8 aromatic carbocycles. The maximum absolute atomic E-state index is 6.74. The maximum atomic E-state index is 6.74. The first-order valence-corrected chi connectivity index (χ1v) is 20.5. The highest BCUT2D eigenvalue weighted by Crippen LogP contribution is 2.39. The van der Waals surface area contributed by atoms with E-state index in [1.807, 2.05) is 121 Å². The van der Waals surface area contributed by atoms with Crippen LogP contribution < -0.4 is 0 Å². The lowest BCUT2D eigenvalue weighted by atomic mass is 10.0. The standard InChI is InChI=1S/C54H33N7O/c1-5-16-34(17-6-1)38-28-30-41-40-24-13-14-27-45(40)61(46(41)33-38)54-59-51(37-22-11-4-12-23-37)58-53(60-54)43-26-15-25-42-44-32-39(29-31-47(44)62-48(42)43)52-56-49(35-18-7-2-8-19-35)55-50(57-52)36-20-9-3-10-21-36/h1-33H. The Labute approximate surface area is 355 Å². The fraction of sp³-hybridized carbons (Fsp3) is 0. The highest BCUT2D eigenvalue weighted by atomic mass is 16.3. The fourth-order valence-electron chi connectivity index (χ4n) is 8.35. The van der Waals surface area contributed by atoms with Crippen LogP contribution in [0.1, 0.15) is 0 Å². The van der Waals surface area contributed by atoms with Gasteiger partial charge in [-0.05, 0) is 47.5 Å². The molecule has 0 aliphatic heterocycles. The van der Waals surface area contributed by atoms with Crippen molar-refractivity contribution in [2.24, 2.45) is 0 Å². The second-order valence-electron chi connectivity index (χ2n) is 15.1. The van der Waals surface area contributed by atoms with E-state index in [1.54, 1.807) is 0 Å². The molecule has 0 unspecified atom stereocenters. The topological polar surface area (TPSA) is 95.4 Å². The van der Waals surface area contributed by atoms with Crippen LogP contribution in [0.25, 0.3) is 118 Å². The monoisotopic (exact) mass is 795 g/mol. The first kappa shape index (κ1) is 35.3. The molecule has 12 aromatic rings. The molecule has 4 heterocycles. The molecular formula is C54H33N7O. The molecule has 0 spiro atoms. The second-order valence-corrected chi connectivity index (χ2v) is 15.1. The van der Waals surface area contributed by atoms with Crippen molar-refractivity contribution in [3.8, 4) is 74.0 Å². The van der Waals surface area contributed by atoms with Gasteiger partial charge in [0, 0.05) is 43.8 Å². The van der Waals surface area contributed by atoms with Crippen LogP contribution in [0.2, 0.25) is 0 Å². The van der Waals surface area contributed by atoms with E-state index in [-0.39, 0.29) is 0 Å². The Hall–Kier alpha value is -8.62. The number of para-hydroxylation sites is 2. The number of hydrogen-bond donors (Lipinski definition) is 0. The van der Waals surface area contributed by atoms with Crippen molar-refractivity contribution in [1.29, 1.82) is 0 Å². The average molecular weight is 796 g/mol. The van der Waals surface area contributed by atoms with Gasteiger partial charge >= 0.3 is 0 Å². The van der Waals surface area contributed by atoms with E-state index in [9.17, 15) is 0 Å². The Morgan fingerprint density at radius 1 is 0.306 bits per heavy atom. The van der Waals surface area contributed by atoms with Gasteiger partial charge in [0.1, 0.15) is 11.2 Å². The second kappa shape index (κ2) is 14.6. The molecule has 290 valence electrons. The number of nitrogens with zero attached hydrogens (tertiary/aromatic N) is 7. The van der Waals surface area contributed by atoms with E-state index in [0.29, 0.717) is 40.7 Å². The van der Waals surface area contributed by atoms with Gasteiger partial charge in [0.15, 0.2) is 29.1 Å². The zero-order valence-corrected chi connectivity index (χ0v) is 33.1. The van der Waals surface area contributed by atoms with Crippen molar-refractivity contribution in [3.63, 3.8) is 0 Å². The van der Waals surface area contributed by atoms with Gasteiger partial charge in [0.25, 0.3) is 0 Å². The van der Waals surface area contributed by atoms with Crippen LogP contribution in [-0.4, -0.2) is 34.5 Å². The summed E-state index contributed by atoms with van der Waals surface area (Å²) in [6.45, 7) is 0. The van der Waals surface area contributed by atoms with Gasteiger partial charge in [-0.15, -0.1) is 0 Å². The van der Waals surface area contributed by atoms with Crippen molar-refractivity contribution in [2.75, 3.05) is 0 Å². The fourth-order valence-corrected chi connectivity index (χ4v) is 8.35. The zero-order valence-electron chi connectivity index (χ0n) is 33.1. The number of hydrogen-bond acceptors (Lipinski definition) is 7. The van der Waals surface area contributed by atoms with E-state index >= 15 is 0 Å². The largest absolute Gasteiger partial charge is 0.455 e. The van der Waals surface area contributed by atoms with Crippen molar-refractivity contribution in [1.82, 2.24) is 34.5 Å². The van der Waals surface area contributed by atoms with E-state index in [4.69, 9.17) is 34.3 Å². The lowest BCUT2D eigenvalue weighted by Crippen LogP contribution is -2.06. The molecule has 62 heavy (non-hydrogen) atoms. The predicted molar refractivity (Wildman–Crippen MR) is 247 cm³/mol. The first-order chi connectivity index (χ1) is 30.7. The molecule has 4 aromatic heterocycles. The van der Waals surface area contributed by atoms with Gasteiger partial charge in [-0.1, -0.05) is 164 Å². The molecule has 0 bridgehead atoms. The van der Waals surface area contributed by atoms with Crippen LogP contribution in [0.3, 0.4) is 0 Å². The Bertz CT molecular complexity index is 3570. The van der Waals surface area contributed by atoms with Gasteiger partial charge < -0.3 is 4.42 Å². The Morgan fingerprint density at radius 2 is 0.806 bits per heavy atom. The summed E-state index contributed by atoms with van der Waals surface area (Å²) < 4.78 is 8.89. The van der Waals surface area contributed by atoms with E-state index < -0.39 is 0 Å². The summed E-state index contributed by atoms with van der Waals surface area (Å²) in [5, 5.41) is 4.08. The molecule has 0 N–H and O–H groups in total. The van der Waals surface area contributed by atoms with Crippen LogP contribution in [0.4, 0.5) is 0 Å². The summed E-state index contributed by atoms with van der Waals surface area (Å²) in [4.78, 5) is 30.5. The van der Waals surface area contributed by atoms with Gasteiger partial charge in [-0.25, -0.2) is 19.9 Å². The molecule has 0 radical (unpaired) electrons. The molecular weight excluding hydrogens is 763 g/mol. The highest BCUT2D eigenvalue weighted by Gasteiger charge is 2.22. The number of benzene rings is 8. The van der Waals surface area contributed by atoms with Crippen molar-refractivity contribution < 1.29 is 4.42 Å². The summed E-state index contributed by atoms with van der Waals surface area (Å²) in [6.07, 6.45) is 0. The molecule has 0 fully saturated rings. The minimum Gasteiger partial charge on any atom is -0.455 e. The summed E-state index contributed by atoms with van der Waals surface area (Å²) in [7, 11) is 0. The smallest absolute Gasteiger partial charge is 0.238 e. The van der Waals surface area contributed by atoms with Crippen LogP contribution in [0.5, 0.6) is 0 Å². The molecule has 8 heteroatoms. The average Bonchev–Trinajstić information content (AvgIpc) is 3.90. The first-order valence-electron chi connectivity index (χ1n) is 20.5. The Kier molecular flexibility index (Phi) is 8.31. The number of fused-ring (bicyclic) bond motifs is 6. The zero-order chi connectivity index (χ0) is 41.0. The van der Waals surface area contributed by atoms with Gasteiger partial charge in [-0.3, -0.25) is 4.57 Å². The normalized spacial score (nSPS) is 11.5. The number of rotatable bonds is 7. The van der Waals surface area contributed by atoms with Gasteiger partial charge in [0.2, 0.25) is 5.95 Å². The summed E-state index contributed by atoms with van der Waals surface area (Å²) in [6, 6.07) is 67.7. The number of furan rings is 1. The maximum Gasteiger partial charge on any atom is 0.238 e. The van der Waals surface area contributed by atoms with Crippen molar-refractivity contribution in [2.45, 2.75) is 0 Å². The molecule has 8 nitrogen and oxygen atoms in total. The van der Waals surface area contributed by atoms with Crippen molar-refractivity contribution in [3.05, 3.63) is 200 Å². The third kappa shape index (κ3) is 6.09. The lowest BCUT2D eigenvalue weighted by molar-refractivity contribution is 0.669. The van der Waals surface area contributed by atoms with E-state index in [1.165, 1.54) is 0 Å². The molecule has 0 aliphatic rings. The third-order valence-electron chi connectivity index (χ3n) is 11.3. The van der Waals surface area contributed by atoms with E-state index in [2.05, 4.69) is 83.4 Å². The van der Waals surface area contributed by atoms with E-state index in [0.717, 1.165) is 77.1 Å². The predicted octanol–water partition coefficient (Wildman–Crippen LogP) is 13.1. The molecule has 12 rings (SSSR count). The molecule has 0 aliphatic carbocycles. The molecule has 0 saturated carbocycles. The van der Waals surface area contributed by atoms with Crippen LogP contribution in [-0.2, 0) is 0 Å². The third-order valence-corrected chi connectivity index (χ3v) is 11.3. The minimum atomic E-state index is 0.501. The summed E-state index contributed by atoms with van der Waals surface area (Å²) >= 11 is 0. The van der Waals surface area contributed by atoms with Gasteiger partial charge in [-0.2, -0.15) is 9.97 Å². The molecule has 0 atom stereocenters. The SMILES string of the molecule is c1ccc(-c2ccc3c4ccccc4n(-c4nc(-c5ccccc5)nc(-c5cccc6c5oc5ccc(-c7nc(-c8ccccc8)nc(-c8ccccc8)n7)cc56)n4)c3c2)cc1. The lowest BCUT2D eigenvalue weighted by Gasteiger charge is -2.11. The highest BCUT2D eigenvalue weighted by molar-refractivity contribution is 6.11. The summed E-state index contributed by atoms with van der Waals surface area (Å²) in [5.41, 5.74) is 9.96. The van der Waals surface area contributed by atoms with Gasteiger partial charge in [0.05, 0.1) is 16.6 Å². The Morgan fingerprint density at radius 3 is 1.47 bits per heavy atom.